The van der Waals surface area contributed by atoms with Crippen LogP contribution < -0.4 is 5.73 Å². The number of halogens is 1. The lowest BCUT2D eigenvalue weighted by molar-refractivity contribution is -0.119. The predicted octanol–water partition coefficient (Wildman–Crippen LogP) is 1.83. The molecule has 17 heavy (non-hydrogen) atoms. The summed E-state index contributed by atoms with van der Waals surface area (Å²) in [6.45, 7) is 5.98. The lowest BCUT2D eigenvalue weighted by Crippen LogP contribution is -2.35. The number of thiazole rings is 1. The third kappa shape index (κ3) is 5.48. The number of alkyl halides is 1. The quantitative estimate of drug-likeness (QED) is 0.773. The van der Waals surface area contributed by atoms with Gasteiger partial charge in [0.05, 0.1) is 24.7 Å². The van der Waals surface area contributed by atoms with Crippen molar-refractivity contribution in [1.82, 2.24) is 9.88 Å². The average molecular weight is 276 g/mol. The van der Waals surface area contributed by atoms with E-state index in [1.807, 2.05) is 10.3 Å². The molecule has 1 aromatic heterocycles. The van der Waals surface area contributed by atoms with Gasteiger partial charge in [-0.25, -0.2) is 4.98 Å². The molecular formula is C11H18ClN3OS. The first kappa shape index (κ1) is 14.4. The fourth-order valence-electron chi connectivity index (χ4n) is 1.60. The second-order valence-electron chi connectivity index (χ2n) is 4.40. The molecule has 0 bridgehead atoms. The highest BCUT2D eigenvalue weighted by Gasteiger charge is 2.13. The van der Waals surface area contributed by atoms with Crippen LogP contribution in [0.3, 0.4) is 0 Å². The fraction of sp³-hybridized carbons (Fsp3) is 0.636. The van der Waals surface area contributed by atoms with Gasteiger partial charge in [-0.05, 0) is 5.92 Å². The van der Waals surface area contributed by atoms with E-state index in [1.54, 1.807) is 11.3 Å². The minimum atomic E-state index is -0.306. The van der Waals surface area contributed by atoms with Gasteiger partial charge in [0.2, 0.25) is 5.91 Å². The van der Waals surface area contributed by atoms with Crippen LogP contribution in [0, 0.1) is 5.92 Å². The van der Waals surface area contributed by atoms with Gasteiger partial charge in [-0.15, -0.1) is 22.9 Å². The highest BCUT2D eigenvalue weighted by molar-refractivity contribution is 7.09. The van der Waals surface area contributed by atoms with Gasteiger partial charge in [-0.2, -0.15) is 0 Å². The van der Waals surface area contributed by atoms with Crippen LogP contribution in [0.25, 0.3) is 0 Å². The van der Waals surface area contributed by atoms with Crippen molar-refractivity contribution < 1.29 is 4.79 Å². The van der Waals surface area contributed by atoms with E-state index in [0.29, 0.717) is 18.3 Å². The summed E-state index contributed by atoms with van der Waals surface area (Å²) >= 11 is 7.27. The number of rotatable bonds is 7. The summed E-state index contributed by atoms with van der Waals surface area (Å²) in [4.78, 5) is 17.4. The second kappa shape index (κ2) is 6.93. The van der Waals surface area contributed by atoms with Crippen LogP contribution in [0.2, 0.25) is 0 Å². The number of amides is 1. The molecule has 0 atom stereocenters. The van der Waals surface area contributed by atoms with Crippen LogP contribution in [-0.4, -0.2) is 28.9 Å². The number of hydrogen-bond donors (Lipinski definition) is 1. The second-order valence-corrected chi connectivity index (χ2v) is 5.61. The number of carbonyl (C=O) groups excluding carboxylic acids is 1. The van der Waals surface area contributed by atoms with Crippen LogP contribution in [0.1, 0.15) is 24.5 Å². The molecule has 0 fully saturated rings. The molecule has 0 saturated heterocycles. The molecule has 1 rings (SSSR count). The molecule has 0 radical (unpaired) electrons. The van der Waals surface area contributed by atoms with Crippen LogP contribution in [-0.2, 0) is 17.2 Å². The van der Waals surface area contributed by atoms with Crippen molar-refractivity contribution in [2.45, 2.75) is 26.3 Å². The Hall–Kier alpha value is -0.650. The Morgan fingerprint density at radius 3 is 2.82 bits per heavy atom. The molecule has 4 nitrogen and oxygen atoms in total. The van der Waals surface area contributed by atoms with Crippen LogP contribution in [0.4, 0.5) is 0 Å². The van der Waals surface area contributed by atoms with E-state index >= 15 is 0 Å². The van der Waals surface area contributed by atoms with Gasteiger partial charge in [-0.3, -0.25) is 9.69 Å². The number of aromatic nitrogens is 1. The maximum Gasteiger partial charge on any atom is 0.231 e. The van der Waals surface area contributed by atoms with Crippen molar-refractivity contribution in [3.8, 4) is 0 Å². The lowest BCUT2D eigenvalue weighted by atomic mass is 10.2. The molecule has 96 valence electrons. The molecule has 0 aromatic carbocycles. The van der Waals surface area contributed by atoms with Crippen molar-refractivity contribution >= 4 is 28.8 Å². The molecule has 0 spiro atoms. The van der Waals surface area contributed by atoms with Gasteiger partial charge in [-0.1, -0.05) is 13.8 Å². The van der Waals surface area contributed by atoms with Crippen molar-refractivity contribution in [1.29, 1.82) is 0 Å². The molecule has 1 heterocycles. The zero-order valence-electron chi connectivity index (χ0n) is 10.1. The third-order valence-corrected chi connectivity index (χ3v) is 3.25. The maximum absolute atomic E-state index is 11.0. The molecule has 1 amide bonds. The van der Waals surface area contributed by atoms with Gasteiger partial charge < -0.3 is 5.73 Å². The van der Waals surface area contributed by atoms with E-state index in [0.717, 1.165) is 17.2 Å². The molecule has 0 aliphatic carbocycles. The van der Waals surface area contributed by atoms with Gasteiger partial charge >= 0.3 is 0 Å². The van der Waals surface area contributed by atoms with E-state index in [2.05, 4.69) is 18.8 Å². The van der Waals surface area contributed by atoms with Crippen LogP contribution >= 0.6 is 22.9 Å². The van der Waals surface area contributed by atoms with E-state index in [1.165, 1.54) is 0 Å². The molecule has 0 aliphatic heterocycles. The summed E-state index contributed by atoms with van der Waals surface area (Å²) in [6, 6.07) is 0. The molecular weight excluding hydrogens is 258 g/mol. The molecule has 0 unspecified atom stereocenters. The summed E-state index contributed by atoms with van der Waals surface area (Å²) in [7, 11) is 0. The average Bonchev–Trinajstić information content (AvgIpc) is 2.63. The minimum Gasteiger partial charge on any atom is -0.369 e. The van der Waals surface area contributed by atoms with Gasteiger partial charge in [0.15, 0.2) is 0 Å². The summed E-state index contributed by atoms with van der Waals surface area (Å²) in [6.07, 6.45) is 0. The Balaban J connectivity index is 2.60. The van der Waals surface area contributed by atoms with E-state index in [4.69, 9.17) is 17.3 Å². The first-order valence-corrected chi connectivity index (χ1v) is 6.92. The number of hydrogen-bond acceptors (Lipinski definition) is 4. The predicted molar refractivity (Wildman–Crippen MR) is 71.0 cm³/mol. The number of nitrogens with zero attached hydrogens (tertiary/aromatic N) is 2. The smallest absolute Gasteiger partial charge is 0.231 e. The Morgan fingerprint density at radius 1 is 1.65 bits per heavy atom. The third-order valence-electron chi connectivity index (χ3n) is 2.10. The highest BCUT2D eigenvalue weighted by Crippen LogP contribution is 2.14. The number of carbonyl (C=O) groups is 1. The van der Waals surface area contributed by atoms with Crippen LogP contribution in [0.15, 0.2) is 5.38 Å². The highest BCUT2D eigenvalue weighted by atomic mass is 35.5. The summed E-state index contributed by atoms with van der Waals surface area (Å²) in [5.41, 5.74) is 6.12. The van der Waals surface area contributed by atoms with Crippen molar-refractivity contribution in [2.75, 3.05) is 13.1 Å². The zero-order chi connectivity index (χ0) is 12.8. The summed E-state index contributed by atoms with van der Waals surface area (Å²) in [5.74, 6) is 0.609. The fourth-order valence-corrected chi connectivity index (χ4v) is 2.66. The Bertz CT molecular complexity index is 367. The maximum atomic E-state index is 11.0. The van der Waals surface area contributed by atoms with E-state index in [9.17, 15) is 4.79 Å². The molecule has 6 heteroatoms. The van der Waals surface area contributed by atoms with Crippen molar-refractivity contribution in [2.24, 2.45) is 11.7 Å². The first-order chi connectivity index (χ1) is 8.01. The molecule has 2 N–H and O–H groups in total. The zero-order valence-corrected chi connectivity index (χ0v) is 11.7. The topological polar surface area (TPSA) is 59.2 Å². The summed E-state index contributed by atoms with van der Waals surface area (Å²) < 4.78 is 0. The Morgan fingerprint density at radius 2 is 2.35 bits per heavy atom. The summed E-state index contributed by atoms with van der Waals surface area (Å²) in [5, 5.41) is 2.92. The first-order valence-electron chi connectivity index (χ1n) is 5.51. The Labute approximate surface area is 111 Å². The van der Waals surface area contributed by atoms with Gasteiger partial charge in [0.25, 0.3) is 0 Å². The normalized spacial score (nSPS) is 11.4. The SMILES string of the molecule is CC(C)CN(CC(N)=O)Cc1nc(CCl)cs1. The minimum absolute atomic E-state index is 0.272. The monoisotopic (exact) mass is 275 g/mol. The number of nitrogens with two attached hydrogens (primary N) is 1. The standard InChI is InChI=1S/C11H18ClN3OS/c1-8(2)4-15(5-10(13)16)6-11-14-9(3-12)7-17-11/h7-8H,3-6H2,1-2H3,(H2,13,16). The van der Waals surface area contributed by atoms with E-state index in [-0.39, 0.29) is 12.5 Å². The molecule has 1 aromatic rings. The van der Waals surface area contributed by atoms with E-state index < -0.39 is 0 Å². The van der Waals surface area contributed by atoms with Crippen molar-refractivity contribution in [3.63, 3.8) is 0 Å². The molecule has 0 saturated carbocycles. The van der Waals surface area contributed by atoms with Gasteiger partial charge in [0, 0.05) is 11.9 Å². The van der Waals surface area contributed by atoms with Crippen molar-refractivity contribution in [3.05, 3.63) is 16.1 Å². The lowest BCUT2D eigenvalue weighted by Gasteiger charge is -2.21. The number of primary amides is 1. The van der Waals surface area contributed by atoms with Crippen LogP contribution in [0.5, 0.6) is 0 Å². The largest absolute Gasteiger partial charge is 0.369 e. The van der Waals surface area contributed by atoms with Gasteiger partial charge in [0.1, 0.15) is 5.01 Å². The Kier molecular flexibility index (Phi) is 5.88. The molecule has 0 aliphatic rings.